The van der Waals surface area contributed by atoms with E-state index in [0.717, 1.165) is 0 Å². The molecule has 40 heavy (non-hydrogen) atoms. The first kappa shape index (κ1) is 36.1. The fourth-order valence-corrected chi connectivity index (χ4v) is 6.02. The van der Waals surface area contributed by atoms with Gasteiger partial charge in [-0.25, -0.2) is 5.92 Å². The Morgan fingerprint density at radius 2 is 0.900 bits per heavy atom. The third kappa shape index (κ3) is 11.4. The number of hydrogen-bond donors (Lipinski definition) is 0. The third-order valence-corrected chi connectivity index (χ3v) is 8.62. The molecule has 0 N–H and O–H groups in total. The van der Waals surface area contributed by atoms with Gasteiger partial charge in [0.15, 0.2) is 0 Å². The molecule has 3 aromatic rings. The van der Waals surface area contributed by atoms with Crippen LogP contribution in [0.3, 0.4) is 0 Å². The zero-order chi connectivity index (χ0) is 29.0. The molecule has 4 rings (SSSR count). The van der Waals surface area contributed by atoms with Crippen LogP contribution in [0.1, 0.15) is 34.6 Å². The van der Waals surface area contributed by atoms with Gasteiger partial charge in [-0.3, -0.25) is 5.92 Å². The van der Waals surface area contributed by atoms with E-state index >= 15 is 0 Å². The van der Waals surface area contributed by atoms with E-state index in [1.165, 1.54) is 44.1 Å². The second-order valence-electron chi connectivity index (χ2n) is 8.24. The van der Waals surface area contributed by atoms with Crippen molar-refractivity contribution in [1.82, 2.24) is 0 Å². The number of nitroso groups, excluding NO2 is 1. The monoisotopic (exact) mass is 711 g/mol. The average Bonchev–Trinajstić information content (AvgIpc) is 3.16. The topological polar surface area (TPSA) is 39.4 Å². The average molecular weight is 711 g/mol. The van der Waals surface area contributed by atoms with Crippen LogP contribution in [0.5, 0.6) is 0 Å². The number of allylic oxidation sites excluding steroid dienone is 4. The van der Waals surface area contributed by atoms with Gasteiger partial charge in [0.2, 0.25) is 0 Å². The Kier molecular flexibility index (Phi) is 18.9. The van der Waals surface area contributed by atoms with E-state index in [1.54, 1.807) is 0 Å². The van der Waals surface area contributed by atoms with Gasteiger partial charge in [0, 0.05) is 26.3 Å². The van der Waals surface area contributed by atoms with Crippen LogP contribution in [0.4, 0.5) is 0 Å². The molecule has 0 spiro atoms. The molecule has 0 heterocycles. The summed E-state index contributed by atoms with van der Waals surface area (Å²) in [5.41, 5.74) is 11.6. The van der Waals surface area contributed by atoms with Gasteiger partial charge >= 0.3 is 0 Å². The molecule has 0 bridgehead atoms. The molecule has 0 saturated carbocycles. The normalized spacial score (nSPS) is 11.1. The summed E-state index contributed by atoms with van der Waals surface area (Å²) in [6.07, 6.45) is 11.0. The SMILES string of the molecule is C[C]1C(C)=C(C)C(C)=C1C.[C-]#CC#CC#CC#C.[N-]=O.[Re].c1ccc(P(c2ccccc2)c2ccccc2)cc1. The van der Waals surface area contributed by atoms with Gasteiger partial charge in [0.25, 0.3) is 0 Å². The van der Waals surface area contributed by atoms with Crippen LogP contribution in [-0.2, 0) is 20.4 Å². The molecule has 4 heteroatoms. The van der Waals surface area contributed by atoms with E-state index in [1.807, 2.05) is 5.92 Å². The molecular weight excluding hydrogens is 680 g/mol. The van der Waals surface area contributed by atoms with Crippen molar-refractivity contribution in [2.24, 2.45) is 0 Å². The summed E-state index contributed by atoms with van der Waals surface area (Å²) in [6, 6.07) is 32.3. The Morgan fingerprint density at radius 1 is 0.575 bits per heavy atom. The van der Waals surface area contributed by atoms with Crippen LogP contribution in [0.25, 0.3) is 5.59 Å². The van der Waals surface area contributed by atoms with Gasteiger partial charge in [-0.05, 0) is 80.4 Å². The Balaban J connectivity index is 0.000000616. The molecule has 0 aromatic heterocycles. The van der Waals surface area contributed by atoms with Crippen molar-refractivity contribution in [3.8, 4) is 41.9 Å². The summed E-state index contributed by atoms with van der Waals surface area (Å²) in [4.78, 5) is 7.25. The predicted molar refractivity (Wildman–Crippen MR) is 169 cm³/mol. The Hall–Kier alpha value is -3.93. The Morgan fingerprint density at radius 3 is 1.15 bits per heavy atom. The van der Waals surface area contributed by atoms with Crippen LogP contribution in [0.2, 0.25) is 0 Å². The maximum Gasteiger partial charge on any atom is 0.0226 e. The summed E-state index contributed by atoms with van der Waals surface area (Å²) in [7, 11) is -0.446. The third-order valence-electron chi connectivity index (χ3n) is 6.18. The second-order valence-corrected chi connectivity index (χ2v) is 10.5. The maximum absolute atomic E-state index is 7.25. The predicted octanol–water partition coefficient (Wildman–Crippen LogP) is 7.25. The number of rotatable bonds is 3. The molecule has 0 unspecified atom stereocenters. The molecule has 0 atom stereocenters. The molecule has 3 aromatic carbocycles. The quantitative estimate of drug-likeness (QED) is 0.161. The minimum Gasteiger partial charge on any atom is -0.577 e. The van der Waals surface area contributed by atoms with Crippen molar-refractivity contribution in [2.75, 3.05) is 0 Å². The van der Waals surface area contributed by atoms with Crippen molar-refractivity contribution in [3.05, 3.63) is 136 Å². The number of terminal acetylenes is 1. The first-order chi connectivity index (χ1) is 18.9. The van der Waals surface area contributed by atoms with Crippen molar-refractivity contribution in [3.63, 3.8) is 0 Å². The number of benzene rings is 3. The molecule has 2 nitrogen and oxygen atoms in total. The van der Waals surface area contributed by atoms with Gasteiger partial charge in [-0.1, -0.05) is 109 Å². The zero-order valence-corrected chi connectivity index (χ0v) is 27.0. The minimum atomic E-state index is -0.446. The summed E-state index contributed by atoms with van der Waals surface area (Å²) in [6.45, 7) is 11.0. The standard InChI is InChI=1S/C18H15P.C10H15.C8H.NO.Re/c1-4-10-16(11-5-1)19(17-12-6-2-7-13-17)18-14-8-3-9-15-18;1-6-7(2)9(4)10(5)8(6)3;1-3-5-7-8-6-4-2;1-2;/h1-15H;1-5H3;1H;;/q;;2*-1;. The van der Waals surface area contributed by atoms with Crippen molar-refractivity contribution >= 4 is 23.8 Å². The van der Waals surface area contributed by atoms with E-state index in [4.69, 9.17) is 23.3 Å². The summed E-state index contributed by atoms with van der Waals surface area (Å²) in [5.74, 6) is 14.4. The Bertz CT molecular complexity index is 1310. The van der Waals surface area contributed by atoms with Crippen LogP contribution in [0, 0.1) is 59.2 Å². The first-order valence-corrected chi connectivity index (χ1v) is 13.5. The smallest absolute Gasteiger partial charge is 0.0226 e. The van der Waals surface area contributed by atoms with E-state index in [0.29, 0.717) is 0 Å². The van der Waals surface area contributed by atoms with Crippen LogP contribution in [-0.4, -0.2) is 0 Å². The van der Waals surface area contributed by atoms with Crippen LogP contribution in [0.15, 0.2) is 113 Å². The van der Waals surface area contributed by atoms with Gasteiger partial charge in [-0.15, -0.1) is 12.3 Å². The zero-order valence-electron chi connectivity index (χ0n) is 23.4. The molecule has 0 aliphatic heterocycles. The first-order valence-electron chi connectivity index (χ1n) is 12.1. The molecular formula is C36H31NOPRe-2. The summed E-state index contributed by atoms with van der Waals surface area (Å²) >= 11 is 0. The van der Waals surface area contributed by atoms with E-state index in [2.05, 4.69) is 155 Å². The summed E-state index contributed by atoms with van der Waals surface area (Å²) in [5, 5.41) is 4.19. The van der Waals surface area contributed by atoms with Gasteiger partial charge in [0.05, 0.1) is 0 Å². The molecule has 200 valence electrons. The summed E-state index contributed by atoms with van der Waals surface area (Å²) < 4.78 is 0. The van der Waals surface area contributed by atoms with Gasteiger partial charge in [0.1, 0.15) is 0 Å². The van der Waals surface area contributed by atoms with Crippen molar-refractivity contribution < 1.29 is 20.4 Å². The fourth-order valence-electron chi connectivity index (χ4n) is 3.71. The van der Waals surface area contributed by atoms with Crippen molar-refractivity contribution in [1.29, 1.82) is 0 Å². The maximum atomic E-state index is 7.25. The number of hydrogen-bond acceptors (Lipinski definition) is 1. The fraction of sp³-hybridized carbons (Fsp3) is 0.139. The number of nitrogens with zero attached hydrogens (tertiary/aromatic N) is 1. The minimum absolute atomic E-state index is 0. The van der Waals surface area contributed by atoms with E-state index in [9.17, 15) is 0 Å². The molecule has 1 aliphatic carbocycles. The van der Waals surface area contributed by atoms with Gasteiger partial charge < -0.3 is 16.9 Å². The van der Waals surface area contributed by atoms with Gasteiger partial charge in [-0.2, -0.15) is 0 Å². The molecule has 0 saturated heterocycles. The van der Waals surface area contributed by atoms with Crippen molar-refractivity contribution in [2.45, 2.75) is 34.6 Å². The largest absolute Gasteiger partial charge is 0.577 e. The second kappa shape index (κ2) is 21.0. The molecule has 2 radical (unpaired) electrons. The molecule has 1 aliphatic rings. The van der Waals surface area contributed by atoms with E-state index in [-0.39, 0.29) is 20.4 Å². The van der Waals surface area contributed by atoms with Crippen LogP contribution >= 0.6 is 7.92 Å². The molecule has 0 fully saturated rings. The molecule has 0 amide bonds. The Labute approximate surface area is 256 Å². The van der Waals surface area contributed by atoms with E-state index < -0.39 is 7.92 Å². The van der Waals surface area contributed by atoms with Crippen LogP contribution < -0.4 is 15.9 Å².